The second kappa shape index (κ2) is 19.3. The van der Waals surface area contributed by atoms with Gasteiger partial charge in [0.2, 0.25) is 23.6 Å². The van der Waals surface area contributed by atoms with Gasteiger partial charge in [-0.3, -0.25) is 57.7 Å². The van der Waals surface area contributed by atoms with Crippen molar-refractivity contribution < 1.29 is 57.4 Å². The van der Waals surface area contributed by atoms with Gasteiger partial charge in [-0.15, -0.1) is 0 Å². The van der Waals surface area contributed by atoms with E-state index in [9.17, 15) is 47.9 Å². The van der Waals surface area contributed by atoms with Crippen molar-refractivity contribution in [2.45, 2.75) is 103 Å². The van der Waals surface area contributed by atoms with E-state index in [2.05, 4.69) is 21.3 Å². The van der Waals surface area contributed by atoms with Crippen LogP contribution in [-0.2, 0) is 57.4 Å². The van der Waals surface area contributed by atoms with Crippen molar-refractivity contribution in [3.05, 3.63) is 24.3 Å². The fraction of sp³-hybridized carbons (Fsp3) is 0.588. The van der Waals surface area contributed by atoms with Gasteiger partial charge in [0.1, 0.15) is 23.3 Å². The second-order valence-electron chi connectivity index (χ2n) is 13.9. The quantitative estimate of drug-likeness (QED) is 0.0715. The van der Waals surface area contributed by atoms with Crippen LogP contribution in [0.3, 0.4) is 0 Å². The molecule has 0 fully saturated rings. The van der Waals surface area contributed by atoms with Gasteiger partial charge >= 0.3 is 11.9 Å². The highest BCUT2D eigenvalue weighted by atomic mass is 16.6. The summed E-state index contributed by atoms with van der Waals surface area (Å²) in [4.78, 5) is 127. The van der Waals surface area contributed by atoms with E-state index in [-0.39, 0.29) is 51.9 Å². The summed E-state index contributed by atoms with van der Waals surface area (Å²) in [7, 11) is 0. The summed E-state index contributed by atoms with van der Waals surface area (Å²) in [5.41, 5.74) is -1.46. The summed E-state index contributed by atoms with van der Waals surface area (Å²) in [5, 5.41) is 9.85. The lowest BCUT2D eigenvalue weighted by Gasteiger charge is -2.28. The fourth-order valence-electron chi connectivity index (χ4n) is 4.72. The van der Waals surface area contributed by atoms with Crippen molar-refractivity contribution in [3.8, 4) is 0 Å². The van der Waals surface area contributed by atoms with E-state index in [1.54, 1.807) is 41.5 Å². The Balaban J connectivity index is 2.24. The zero-order valence-electron chi connectivity index (χ0n) is 30.3. The molecular formula is C34H48N6O12. The summed E-state index contributed by atoms with van der Waals surface area (Å²) < 4.78 is 10.5. The lowest BCUT2D eigenvalue weighted by Crippen LogP contribution is -2.64. The van der Waals surface area contributed by atoms with Crippen molar-refractivity contribution in [3.63, 3.8) is 0 Å². The lowest BCUT2D eigenvalue weighted by atomic mass is 10.0. The molecule has 2 unspecified atom stereocenters. The zero-order valence-corrected chi connectivity index (χ0v) is 30.3. The topological polar surface area (TPSA) is 244 Å². The molecule has 8 amide bonds. The van der Waals surface area contributed by atoms with Gasteiger partial charge in [0, 0.05) is 76.2 Å². The minimum Gasteiger partial charge on any atom is -0.460 e. The van der Waals surface area contributed by atoms with E-state index in [0.717, 1.165) is 34.1 Å². The van der Waals surface area contributed by atoms with Crippen molar-refractivity contribution in [2.24, 2.45) is 0 Å². The number of hydrogen-bond acceptors (Lipinski definition) is 12. The number of amides is 8. The molecule has 52 heavy (non-hydrogen) atoms. The standard InChI is InChI=1S/C34H48N6O12/c1-33(2,3)51-27(47)9-7-17-35-31(49)29(37-21(41)15-19-39-23(43)11-12-24(39)44)30(32(50)36-18-8-10-28(48)52-34(4,5)6)38-22(42)16-20-40-25(45)13-14-26(40)46/h11-14,29-30H,7-10,15-20H2,1-6H3,(H,35,49)(H,36,50)(H,37,41)(H,38,42). The van der Waals surface area contributed by atoms with Crippen LogP contribution in [0, 0.1) is 0 Å². The second-order valence-corrected chi connectivity index (χ2v) is 13.9. The van der Waals surface area contributed by atoms with Crippen LogP contribution in [0.1, 0.15) is 80.1 Å². The van der Waals surface area contributed by atoms with Gasteiger partial charge in [-0.05, 0) is 54.4 Å². The van der Waals surface area contributed by atoms with Crippen LogP contribution in [0.4, 0.5) is 0 Å². The molecule has 2 heterocycles. The largest absolute Gasteiger partial charge is 0.460 e. The van der Waals surface area contributed by atoms with Crippen molar-refractivity contribution in [1.29, 1.82) is 0 Å². The Morgan fingerprint density at radius 3 is 1.15 bits per heavy atom. The van der Waals surface area contributed by atoms with Crippen LogP contribution in [0.2, 0.25) is 0 Å². The van der Waals surface area contributed by atoms with Gasteiger partial charge in [0.05, 0.1) is 0 Å². The molecule has 0 bridgehead atoms. The predicted molar refractivity (Wildman–Crippen MR) is 181 cm³/mol. The summed E-state index contributed by atoms with van der Waals surface area (Å²) in [6, 6.07) is -3.55. The van der Waals surface area contributed by atoms with E-state index in [1.165, 1.54) is 0 Å². The van der Waals surface area contributed by atoms with Crippen LogP contribution in [0.25, 0.3) is 0 Å². The first-order valence-electron chi connectivity index (χ1n) is 16.8. The first-order valence-corrected chi connectivity index (χ1v) is 16.8. The molecular weight excluding hydrogens is 684 g/mol. The van der Waals surface area contributed by atoms with Crippen LogP contribution >= 0.6 is 0 Å². The normalized spacial score (nSPS) is 15.3. The molecule has 18 heteroatoms. The van der Waals surface area contributed by atoms with Crippen LogP contribution in [-0.4, -0.2) is 118 Å². The van der Waals surface area contributed by atoms with E-state index < -0.39 is 95.3 Å². The molecule has 0 aromatic rings. The highest BCUT2D eigenvalue weighted by Gasteiger charge is 2.37. The van der Waals surface area contributed by atoms with Gasteiger partial charge < -0.3 is 30.7 Å². The van der Waals surface area contributed by atoms with Crippen molar-refractivity contribution >= 4 is 59.2 Å². The van der Waals surface area contributed by atoms with Crippen LogP contribution in [0.5, 0.6) is 0 Å². The molecule has 18 nitrogen and oxygen atoms in total. The maximum absolute atomic E-state index is 13.6. The van der Waals surface area contributed by atoms with E-state index in [1.807, 2.05) is 0 Å². The molecule has 2 aliphatic heterocycles. The molecule has 286 valence electrons. The van der Waals surface area contributed by atoms with Gasteiger partial charge in [0.15, 0.2) is 0 Å². The number of carbonyl (C=O) groups is 10. The highest BCUT2D eigenvalue weighted by molar-refractivity contribution is 6.13. The van der Waals surface area contributed by atoms with Gasteiger partial charge in [0.25, 0.3) is 23.6 Å². The smallest absolute Gasteiger partial charge is 0.306 e. The number of esters is 2. The summed E-state index contributed by atoms with van der Waals surface area (Å²) >= 11 is 0. The maximum Gasteiger partial charge on any atom is 0.306 e. The first-order chi connectivity index (χ1) is 24.2. The van der Waals surface area contributed by atoms with Crippen LogP contribution < -0.4 is 21.3 Å². The van der Waals surface area contributed by atoms with Gasteiger partial charge in [-0.2, -0.15) is 0 Å². The molecule has 0 aliphatic carbocycles. The zero-order chi connectivity index (χ0) is 39.2. The van der Waals surface area contributed by atoms with Gasteiger partial charge in [-0.25, -0.2) is 0 Å². The third-order valence-corrected chi connectivity index (χ3v) is 7.01. The van der Waals surface area contributed by atoms with Crippen LogP contribution in [0.15, 0.2) is 24.3 Å². The number of carbonyl (C=O) groups excluding carboxylic acids is 10. The summed E-state index contributed by atoms with van der Waals surface area (Å²) in [6.45, 7) is 9.28. The Bertz CT molecular complexity index is 1340. The number of rotatable bonds is 19. The Morgan fingerprint density at radius 1 is 0.558 bits per heavy atom. The first kappa shape index (κ1) is 42.7. The molecule has 4 N–H and O–H groups in total. The Kier molecular flexibility index (Phi) is 15.8. The number of imide groups is 2. The minimum absolute atomic E-state index is 0.0679. The van der Waals surface area contributed by atoms with Crippen molar-refractivity contribution in [2.75, 3.05) is 26.2 Å². The average Bonchev–Trinajstić information content (AvgIpc) is 3.52. The highest BCUT2D eigenvalue weighted by Crippen LogP contribution is 2.11. The monoisotopic (exact) mass is 732 g/mol. The average molecular weight is 733 g/mol. The number of nitrogens with zero attached hydrogens (tertiary/aromatic N) is 2. The molecule has 0 aromatic carbocycles. The third-order valence-electron chi connectivity index (χ3n) is 7.01. The van der Waals surface area contributed by atoms with E-state index >= 15 is 0 Å². The molecule has 0 aromatic heterocycles. The molecule has 2 aliphatic rings. The molecule has 0 spiro atoms. The van der Waals surface area contributed by atoms with E-state index in [0.29, 0.717) is 0 Å². The maximum atomic E-state index is 13.6. The number of hydrogen-bond donors (Lipinski definition) is 4. The lowest BCUT2D eigenvalue weighted by molar-refractivity contribution is -0.156. The fourth-order valence-corrected chi connectivity index (χ4v) is 4.72. The predicted octanol–water partition coefficient (Wildman–Crippen LogP) is -0.938. The Labute approximate surface area is 301 Å². The number of ether oxygens (including phenoxy) is 2. The number of nitrogens with one attached hydrogen (secondary N) is 4. The molecule has 0 saturated carbocycles. The summed E-state index contributed by atoms with van der Waals surface area (Å²) in [6.07, 6.45) is 3.30. The Hall–Kier alpha value is -5.42. The minimum atomic E-state index is -1.77. The summed E-state index contributed by atoms with van der Waals surface area (Å²) in [5.74, 6) is -7.20. The third kappa shape index (κ3) is 15.2. The van der Waals surface area contributed by atoms with Gasteiger partial charge in [-0.1, -0.05) is 0 Å². The van der Waals surface area contributed by atoms with Crippen molar-refractivity contribution in [1.82, 2.24) is 31.1 Å². The molecule has 2 atom stereocenters. The molecule has 0 radical (unpaired) electrons. The molecule has 2 rings (SSSR count). The van der Waals surface area contributed by atoms with E-state index in [4.69, 9.17) is 9.47 Å². The molecule has 0 saturated heterocycles. The Morgan fingerprint density at radius 2 is 0.865 bits per heavy atom. The SMILES string of the molecule is CC(C)(C)OC(=O)CCCNC(=O)C(NC(=O)CCN1C(=O)C=CC1=O)C(NC(=O)CCN1C(=O)C=CC1=O)C(=O)NCCCC(=O)OC(C)(C)C.